The van der Waals surface area contributed by atoms with Crippen LogP contribution in [0.1, 0.15) is 181 Å². The van der Waals surface area contributed by atoms with Crippen molar-refractivity contribution in [3.63, 3.8) is 0 Å². The van der Waals surface area contributed by atoms with E-state index in [1.54, 1.807) is 6.08 Å². The van der Waals surface area contributed by atoms with Gasteiger partial charge in [0.05, 0.1) is 39.9 Å². The Hall–Kier alpha value is -2.32. The molecule has 0 aromatic carbocycles. The summed E-state index contributed by atoms with van der Waals surface area (Å²) in [6.45, 7) is 4.41. The van der Waals surface area contributed by atoms with Gasteiger partial charge in [0.2, 0.25) is 5.91 Å². The molecule has 0 aromatic heterocycles. The number of carbonyl (C=O) groups is 1. The van der Waals surface area contributed by atoms with Crippen LogP contribution in [-0.2, 0) is 18.4 Å². The molecule has 0 saturated heterocycles. The van der Waals surface area contributed by atoms with Crippen molar-refractivity contribution in [2.24, 2.45) is 0 Å². The summed E-state index contributed by atoms with van der Waals surface area (Å²) < 4.78 is 23.2. The van der Waals surface area contributed by atoms with Crippen molar-refractivity contribution in [1.29, 1.82) is 0 Å². The van der Waals surface area contributed by atoms with E-state index in [0.29, 0.717) is 17.4 Å². The number of aliphatic hydroxyl groups excluding tert-OH is 1. The molecule has 0 aliphatic rings. The third kappa shape index (κ3) is 43.8. The van der Waals surface area contributed by atoms with Crippen LogP contribution >= 0.6 is 7.82 Å². The van der Waals surface area contributed by atoms with E-state index in [1.165, 1.54) is 83.5 Å². The first-order chi connectivity index (χ1) is 29.0. The fourth-order valence-corrected chi connectivity index (χ4v) is 7.02. The van der Waals surface area contributed by atoms with Gasteiger partial charge in [0.25, 0.3) is 7.82 Å². The normalized spacial score (nSPS) is 15.0. The second-order valence-corrected chi connectivity index (χ2v) is 18.5. The molecular formula is C51H91N2O6P. The largest absolute Gasteiger partial charge is 0.756 e. The number of carbonyl (C=O) groups excluding carboxylic acids is 1. The molecule has 0 radical (unpaired) electrons. The van der Waals surface area contributed by atoms with Crippen LogP contribution in [0.25, 0.3) is 0 Å². The summed E-state index contributed by atoms with van der Waals surface area (Å²) in [6.07, 6.45) is 58.0. The first kappa shape index (κ1) is 57.7. The molecule has 2 N–H and O–H groups in total. The third-order valence-electron chi connectivity index (χ3n) is 10.0. The van der Waals surface area contributed by atoms with Crippen molar-refractivity contribution >= 4 is 13.7 Å². The molecule has 0 heterocycles. The summed E-state index contributed by atoms with van der Waals surface area (Å²) in [5.74, 6) is -0.218. The molecule has 3 unspecified atom stereocenters. The van der Waals surface area contributed by atoms with Crippen molar-refractivity contribution < 1.29 is 32.9 Å². The molecule has 1 amide bonds. The van der Waals surface area contributed by atoms with Gasteiger partial charge in [-0.25, -0.2) is 0 Å². The fraction of sp³-hybridized carbons (Fsp3) is 0.706. The van der Waals surface area contributed by atoms with E-state index < -0.39 is 26.6 Å². The van der Waals surface area contributed by atoms with Gasteiger partial charge in [-0.1, -0.05) is 182 Å². The SMILES string of the molecule is CC/C=C\C/C=C\C/C=C\C/C=C\CCCCCCCCCCCCCCCCC(=O)NC(COP(=O)([O-])OCC[N+](C)(C)C)C(O)/C=C/CC/C=C/CC/C=C/CCC. The number of phosphoric acid groups is 1. The van der Waals surface area contributed by atoms with Gasteiger partial charge >= 0.3 is 0 Å². The molecule has 0 spiro atoms. The van der Waals surface area contributed by atoms with E-state index in [1.807, 2.05) is 27.2 Å². The van der Waals surface area contributed by atoms with Gasteiger partial charge in [-0.2, -0.15) is 0 Å². The Kier molecular flexibility index (Phi) is 40.4. The van der Waals surface area contributed by atoms with Gasteiger partial charge in [0, 0.05) is 6.42 Å². The Morgan fingerprint density at radius 1 is 0.600 bits per heavy atom. The molecule has 60 heavy (non-hydrogen) atoms. The van der Waals surface area contributed by atoms with Gasteiger partial charge in [0.1, 0.15) is 13.2 Å². The fourth-order valence-electron chi connectivity index (χ4n) is 6.30. The highest BCUT2D eigenvalue weighted by atomic mass is 31.2. The predicted octanol–water partition coefficient (Wildman–Crippen LogP) is 13.1. The highest BCUT2D eigenvalue weighted by molar-refractivity contribution is 7.45. The zero-order valence-electron chi connectivity index (χ0n) is 39.1. The predicted molar refractivity (Wildman–Crippen MR) is 256 cm³/mol. The minimum Gasteiger partial charge on any atom is -0.756 e. The van der Waals surface area contributed by atoms with Crippen molar-refractivity contribution in [2.45, 2.75) is 193 Å². The molecule has 3 atom stereocenters. The Bertz CT molecular complexity index is 1250. The first-order valence-electron chi connectivity index (χ1n) is 23.9. The number of unbranched alkanes of at least 4 members (excludes halogenated alkanes) is 17. The number of aliphatic hydroxyl groups is 1. The quantitative estimate of drug-likeness (QED) is 0.0274. The van der Waals surface area contributed by atoms with Gasteiger partial charge in [-0.3, -0.25) is 9.36 Å². The maximum Gasteiger partial charge on any atom is 0.268 e. The number of likely N-dealkylation sites (N-methyl/N-ethyl adjacent to an activating group) is 1. The highest BCUT2D eigenvalue weighted by Crippen LogP contribution is 2.38. The summed E-state index contributed by atoms with van der Waals surface area (Å²) in [5.41, 5.74) is 0. The van der Waals surface area contributed by atoms with E-state index in [2.05, 4.69) is 92.1 Å². The molecule has 0 rings (SSSR count). The molecular weight excluding hydrogens is 768 g/mol. The van der Waals surface area contributed by atoms with Gasteiger partial charge in [0.15, 0.2) is 0 Å². The number of nitrogens with zero attached hydrogens (tertiary/aromatic N) is 1. The number of nitrogens with one attached hydrogen (secondary N) is 1. The van der Waals surface area contributed by atoms with Crippen LogP contribution in [0.4, 0.5) is 0 Å². The molecule has 0 bridgehead atoms. The molecule has 0 fully saturated rings. The standard InChI is InChI=1S/C51H91N2O6P/c1-6-8-10-12-14-16-18-19-20-21-22-23-24-25-26-27-28-29-30-31-32-33-35-37-39-41-43-45-51(55)52-49(48-59-60(56,57)58-47-46-53(3,4)5)50(54)44-42-40-38-36-34-17-15-13-11-9-7-2/h8,10-11,13-14,16,19-20,22-23,34,36,42,44,49-50,54H,6-7,9,12,15,17-18,21,24-33,35,37-41,43,45-48H2,1-5H3,(H-,52,55,56,57)/b10-8-,13-11+,16-14-,20-19-,23-22-,36-34+,44-42+. The minimum absolute atomic E-state index is 0.0126. The lowest BCUT2D eigenvalue weighted by molar-refractivity contribution is -0.870. The maximum atomic E-state index is 12.9. The monoisotopic (exact) mass is 859 g/mol. The summed E-state index contributed by atoms with van der Waals surface area (Å²) in [7, 11) is 1.22. The zero-order chi connectivity index (χ0) is 44.3. The molecule has 0 saturated carbocycles. The average Bonchev–Trinajstić information content (AvgIpc) is 3.20. The first-order valence-corrected chi connectivity index (χ1v) is 25.4. The smallest absolute Gasteiger partial charge is 0.268 e. The Labute approximate surface area is 369 Å². The van der Waals surface area contributed by atoms with Crippen LogP contribution in [0.5, 0.6) is 0 Å². The van der Waals surface area contributed by atoms with Crippen LogP contribution < -0.4 is 10.2 Å². The van der Waals surface area contributed by atoms with Crippen molar-refractivity contribution in [2.75, 3.05) is 40.9 Å². The Morgan fingerprint density at radius 2 is 1.03 bits per heavy atom. The van der Waals surface area contributed by atoms with Crippen LogP contribution in [-0.4, -0.2) is 68.5 Å². The molecule has 0 aliphatic heterocycles. The number of hydrogen-bond donors (Lipinski definition) is 2. The lowest BCUT2D eigenvalue weighted by atomic mass is 10.0. The summed E-state index contributed by atoms with van der Waals surface area (Å²) in [4.78, 5) is 25.3. The van der Waals surface area contributed by atoms with E-state index in [-0.39, 0.29) is 12.5 Å². The van der Waals surface area contributed by atoms with Crippen molar-refractivity contribution in [3.8, 4) is 0 Å². The highest BCUT2D eigenvalue weighted by Gasteiger charge is 2.23. The molecule has 9 heteroatoms. The summed E-state index contributed by atoms with van der Waals surface area (Å²) in [5, 5.41) is 13.7. The van der Waals surface area contributed by atoms with Gasteiger partial charge in [-0.15, -0.1) is 0 Å². The van der Waals surface area contributed by atoms with Crippen molar-refractivity contribution in [3.05, 3.63) is 85.1 Å². The van der Waals surface area contributed by atoms with E-state index in [4.69, 9.17) is 9.05 Å². The van der Waals surface area contributed by atoms with Crippen molar-refractivity contribution in [1.82, 2.24) is 5.32 Å². The zero-order valence-corrected chi connectivity index (χ0v) is 40.0. The molecule has 0 aliphatic carbocycles. The number of quaternary nitrogens is 1. The number of phosphoric ester groups is 1. The van der Waals surface area contributed by atoms with E-state index in [9.17, 15) is 19.4 Å². The van der Waals surface area contributed by atoms with Crippen LogP contribution in [0, 0.1) is 0 Å². The lowest BCUT2D eigenvalue weighted by Gasteiger charge is -2.29. The van der Waals surface area contributed by atoms with Crippen LogP contribution in [0.3, 0.4) is 0 Å². The molecule has 8 nitrogen and oxygen atoms in total. The van der Waals surface area contributed by atoms with E-state index in [0.717, 1.165) is 77.0 Å². The van der Waals surface area contributed by atoms with Crippen LogP contribution in [0.15, 0.2) is 85.1 Å². The lowest BCUT2D eigenvalue weighted by Crippen LogP contribution is -2.45. The second kappa shape index (κ2) is 42.0. The van der Waals surface area contributed by atoms with Crippen LogP contribution in [0.2, 0.25) is 0 Å². The maximum absolute atomic E-state index is 12.9. The van der Waals surface area contributed by atoms with E-state index >= 15 is 0 Å². The third-order valence-corrected chi connectivity index (χ3v) is 11.0. The Balaban J connectivity index is 4.20. The number of allylic oxidation sites excluding steroid dienone is 13. The topological polar surface area (TPSA) is 108 Å². The number of hydrogen-bond acceptors (Lipinski definition) is 6. The summed E-state index contributed by atoms with van der Waals surface area (Å²) in [6, 6.07) is -0.912. The van der Waals surface area contributed by atoms with Gasteiger partial charge < -0.3 is 28.8 Å². The number of rotatable bonds is 42. The molecule has 0 aromatic rings. The van der Waals surface area contributed by atoms with Gasteiger partial charge in [-0.05, 0) is 77.0 Å². The minimum atomic E-state index is -4.60. The molecule has 346 valence electrons. The summed E-state index contributed by atoms with van der Waals surface area (Å²) >= 11 is 0. The Morgan fingerprint density at radius 3 is 1.53 bits per heavy atom. The average molecular weight is 859 g/mol. The second-order valence-electron chi connectivity index (χ2n) is 17.1. The number of amides is 1.